The van der Waals surface area contributed by atoms with Gasteiger partial charge in [-0.1, -0.05) is 0 Å². The highest BCUT2D eigenvalue weighted by atomic mass is 32.2. The number of aliphatic hydroxyl groups is 1. The Morgan fingerprint density at radius 3 is 3.00 bits per heavy atom. The quantitative estimate of drug-likeness (QED) is 0.710. The molecule has 1 amide bonds. The fraction of sp³-hybridized carbons (Fsp3) is 0.909. The lowest BCUT2D eigenvalue weighted by molar-refractivity contribution is -0.167. The maximum atomic E-state index is 12.3. The number of nitrogens with one attached hydrogen (secondary N) is 1. The molecule has 2 N–H and O–H groups in total. The van der Waals surface area contributed by atoms with E-state index in [-0.39, 0.29) is 30.3 Å². The zero-order valence-electron chi connectivity index (χ0n) is 10.3. The van der Waals surface area contributed by atoms with Crippen LogP contribution < -0.4 is 5.32 Å². The summed E-state index contributed by atoms with van der Waals surface area (Å²) in [4.78, 5) is 14.1. The highest BCUT2D eigenvalue weighted by Gasteiger charge is 2.38. The van der Waals surface area contributed by atoms with E-state index in [1.54, 1.807) is 11.8 Å². The number of nitrogens with zero attached hydrogens (tertiary/aromatic N) is 1. The average molecular weight is 260 g/mol. The van der Waals surface area contributed by atoms with Gasteiger partial charge in [-0.3, -0.25) is 10.1 Å². The van der Waals surface area contributed by atoms with Crippen molar-refractivity contribution in [3.8, 4) is 0 Å². The zero-order valence-corrected chi connectivity index (χ0v) is 11.1. The molecule has 17 heavy (non-hydrogen) atoms. The normalized spacial score (nSPS) is 32.8. The van der Waals surface area contributed by atoms with Gasteiger partial charge in [-0.15, -0.1) is 11.8 Å². The minimum Gasteiger partial charge on any atom is -0.394 e. The molecule has 0 aliphatic carbocycles. The molecule has 2 fully saturated rings. The van der Waals surface area contributed by atoms with Crippen LogP contribution in [-0.4, -0.2) is 65.0 Å². The Hall–Kier alpha value is -0.300. The first kappa shape index (κ1) is 13.1. The standard InChI is InChI=1S/C11H20N2O3S/c1-11(2)6-13(3-8(4-14)16-11)10(15)9-5-17-7-12-9/h8-9,12,14H,3-7H2,1-2H3. The van der Waals surface area contributed by atoms with E-state index >= 15 is 0 Å². The van der Waals surface area contributed by atoms with Crippen molar-refractivity contribution in [2.75, 3.05) is 31.3 Å². The van der Waals surface area contributed by atoms with Crippen molar-refractivity contribution in [3.05, 3.63) is 0 Å². The molecule has 2 atom stereocenters. The molecule has 0 saturated carbocycles. The maximum absolute atomic E-state index is 12.3. The van der Waals surface area contributed by atoms with Gasteiger partial charge >= 0.3 is 0 Å². The Bertz CT molecular complexity index is 292. The van der Waals surface area contributed by atoms with Crippen LogP contribution in [0.2, 0.25) is 0 Å². The molecule has 0 aromatic heterocycles. The molecular formula is C11H20N2O3S. The van der Waals surface area contributed by atoms with Crippen molar-refractivity contribution in [3.63, 3.8) is 0 Å². The van der Waals surface area contributed by atoms with Gasteiger partial charge in [0.2, 0.25) is 5.91 Å². The second-order valence-electron chi connectivity index (χ2n) is 5.17. The van der Waals surface area contributed by atoms with Crippen molar-refractivity contribution < 1.29 is 14.6 Å². The number of hydrogen-bond acceptors (Lipinski definition) is 5. The first-order valence-electron chi connectivity index (χ1n) is 5.90. The number of carbonyl (C=O) groups excluding carboxylic acids is 1. The average Bonchev–Trinajstić information content (AvgIpc) is 2.79. The lowest BCUT2D eigenvalue weighted by Crippen LogP contribution is -2.58. The van der Waals surface area contributed by atoms with E-state index in [0.717, 1.165) is 11.6 Å². The third-order valence-electron chi connectivity index (χ3n) is 3.01. The van der Waals surface area contributed by atoms with Crippen molar-refractivity contribution >= 4 is 17.7 Å². The summed E-state index contributed by atoms with van der Waals surface area (Å²) in [5.41, 5.74) is -0.382. The molecule has 2 aliphatic heterocycles. The van der Waals surface area contributed by atoms with Gasteiger partial charge in [0.25, 0.3) is 0 Å². The molecule has 0 bridgehead atoms. The maximum Gasteiger partial charge on any atom is 0.240 e. The van der Waals surface area contributed by atoms with Crippen molar-refractivity contribution in [1.29, 1.82) is 0 Å². The van der Waals surface area contributed by atoms with E-state index in [0.29, 0.717) is 13.1 Å². The van der Waals surface area contributed by atoms with Crippen LogP contribution in [0.25, 0.3) is 0 Å². The largest absolute Gasteiger partial charge is 0.394 e. The number of ether oxygens (including phenoxy) is 1. The predicted octanol–water partition coefficient (Wildman–Crippen LogP) is -0.353. The number of aliphatic hydroxyl groups excluding tert-OH is 1. The van der Waals surface area contributed by atoms with Crippen LogP contribution in [0.4, 0.5) is 0 Å². The summed E-state index contributed by atoms with van der Waals surface area (Å²) in [6.07, 6.45) is -0.267. The van der Waals surface area contributed by atoms with E-state index in [4.69, 9.17) is 4.74 Å². The summed E-state index contributed by atoms with van der Waals surface area (Å²) < 4.78 is 5.70. The predicted molar refractivity (Wildman–Crippen MR) is 66.9 cm³/mol. The van der Waals surface area contributed by atoms with Crippen LogP contribution in [-0.2, 0) is 9.53 Å². The van der Waals surface area contributed by atoms with Crippen molar-refractivity contribution in [2.24, 2.45) is 0 Å². The Labute approximate surface area is 106 Å². The van der Waals surface area contributed by atoms with Crippen LogP contribution in [0.1, 0.15) is 13.8 Å². The van der Waals surface area contributed by atoms with Crippen LogP contribution in [0, 0.1) is 0 Å². The lowest BCUT2D eigenvalue weighted by atomic mass is 10.0. The van der Waals surface area contributed by atoms with Crippen LogP contribution in [0.5, 0.6) is 0 Å². The molecule has 0 radical (unpaired) electrons. The van der Waals surface area contributed by atoms with Crippen molar-refractivity contribution in [1.82, 2.24) is 10.2 Å². The summed E-state index contributed by atoms with van der Waals surface area (Å²) in [6, 6.07) is -0.0757. The first-order chi connectivity index (χ1) is 8.02. The number of amides is 1. The third kappa shape index (κ3) is 3.13. The van der Waals surface area contributed by atoms with Gasteiger partial charge in [-0.25, -0.2) is 0 Å². The Balaban J connectivity index is 2.01. The Morgan fingerprint density at radius 2 is 2.41 bits per heavy atom. The van der Waals surface area contributed by atoms with Gasteiger partial charge in [0.05, 0.1) is 24.4 Å². The molecular weight excluding hydrogens is 240 g/mol. The second kappa shape index (κ2) is 5.14. The topological polar surface area (TPSA) is 61.8 Å². The molecule has 2 rings (SSSR count). The monoisotopic (exact) mass is 260 g/mol. The van der Waals surface area contributed by atoms with Crippen LogP contribution in [0.15, 0.2) is 0 Å². The number of hydrogen-bond donors (Lipinski definition) is 2. The Morgan fingerprint density at radius 1 is 1.65 bits per heavy atom. The van der Waals surface area contributed by atoms with E-state index in [2.05, 4.69) is 5.32 Å². The summed E-state index contributed by atoms with van der Waals surface area (Å²) in [6.45, 7) is 4.94. The van der Waals surface area contributed by atoms with Gasteiger partial charge in [0.15, 0.2) is 0 Å². The fourth-order valence-corrected chi connectivity index (χ4v) is 3.27. The van der Waals surface area contributed by atoms with E-state index in [1.165, 1.54) is 0 Å². The number of morpholine rings is 1. The third-order valence-corrected chi connectivity index (χ3v) is 3.95. The molecule has 2 saturated heterocycles. The van der Waals surface area contributed by atoms with Crippen LogP contribution >= 0.6 is 11.8 Å². The molecule has 2 unspecified atom stereocenters. The lowest BCUT2D eigenvalue weighted by Gasteiger charge is -2.43. The summed E-state index contributed by atoms with van der Waals surface area (Å²) >= 11 is 1.74. The summed E-state index contributed by atoms with van der Waals surface area (Å²) in [5.74, 6) is 1.80. The molecule has 2 heterocycles. The smallest absolute Gasteiger partial charge is 0.240 e. The van der Waals surface area contributed by atoms with Gasteiger partial charge in [0.1, 0.15) is 0 Å². The molecule has 6 heteroatoms. The number of thioether (sulfide) groups is 1. The van der Waals surface area contributed by atoms with Crippen LogP contribution in [0.3, 0.4) is 0 Å². The molecule has 2 aliphatic rings. The molecule has 0 aromatic rings. The van der Waals surface area contributed by atoms with Crippen molar-refractivity contribution in [2.45, 2.75) is 31.6 Å². The minimum atomic E-state index is -0.382. The van der Waals surface area contributed by atoms with E-state index in [9.17, 15) is 9.90 Å². The molecule has 0 aromatic carbocycles. The minimum absolute atomic E-state index is 0.0416. The SMILES string of the molecule is CC1(C)CN(C(=O)C2CSCN2)CC(CO)O1. The molecule has 98 valence electrons. The highest BCUT2D eigenvalue weighted by Crippen LogP contribution is 2.22. The fourth-order valence-electron chi connectivity index (χ4n) is 2.33. The first-order valence-corrected chi connectivity index (χ1v) is 7.06. The second-order valence-corrected chi connectivity index (χ2v) is 6.20. The Kier molecular flexibility index (Phi) is 3.97. The van der Waals surface area contributed by atoms with Gasteiger partial charge < -0.3 is 14.7 Å². The van der Waals surface area contributed by atoms with Gasteiger partial charge in [0, 0.05) is 24.7 Å². The summed E-state index contributed by atoms with van der Waals surface area (Å²) in [5, 5.41) is 12.4. The molecule has 0 spiro atoms. The van der Waals surface area contributed by atoms with Gasteiger partial charge in [-0.2, -0.15) is 0 Å². The number of rotatable bonds is 2. The van der Waals surface area contributed by atoms with Gasteiger partial charge in [-0.05, 0) is 13.8 Å². The zero-order chi connectivity index (χ0) is 12.5. The summed E-state index contributed by atoms with van der Waals surface area (Å²) in [7, 11) is 0. The number of carbonyl (C=O) groups is 1. The van der Waals surface area contributed by atoms with E-state index < -0.39 is 0 Å². The van der Waals surface area contributed by atoms with E-state index in [1.807, 2.05) is 18.7 Å². The molecule has 5 nitrogen and oxygen atoms in total. The highest BCUT2D eigenvalue weighted by molar-refractivity contribution is 7.99.